The molecule has 260 valence electrons. The largest absolute Gasteiger partial charge is 0.341 e. The lowest BCUT2D eigenvalue weighted by Gasteiger charge is -2.46. The van der Waals surface area contributed by atoms with Crippen LogP contribution in [0.1, 0.15) is 147 Å². The predicted octanol–water partition coefficient (Wildman–Crippen LogP) is 7.82. The Morgan fingerprint density at radius 2 is 1.02 bits per heavy atom. The molecule has 8 nitrogen and oxygen atoms in total. The van der Waals surface area contributed by atoms with Crippen LogP contribution >= 0.6 is 0 Å². The van der Waals surface area contributed by atoms with Gasteiger partial charge in [0.1, 0.15) is 0 Å². The number of anilines is 3. The smallest absolute Gasteiger partial charge is 0.232 e. The molecule has 0 spiro atoms. The van der Waals surface area contributed by atoms with Crippen molar-refractivity contribution >= 4 is 17.8 Å². The lowest BCUT2D eigenvalue weighted by molar-refractivity contribution is 0.245. The maximum absolute atomic E-state index is 5.52. The van der Waals surface area contributed by atoms with E-state index in [1.165, 1.54) is 0 Å². The first-order chi connectivity index (χ1) is 21.0. The van der Waals surface area contributed by atoms with E-state index in [-0.39, 0.29) is 21.9 Å². The minimum Gasteiger partial charge on any atom is -0.341 e. The molecule has 2 aliphatic heterocycles. The van der Waals surface area contributed by atoms with Gasteiger partial charge in [-0.15, -0.1) is 0 Å². The highest BCUT2D eigenvalue weighted by Crippen LogP contribution is 2.35. The van der Waals surface area contributed by atoms with Crippen LogP contribution in [-0.2, 0) is 0 Å². The molecule has 8 heteroatoms. The molecule has 3 heterocycles. The molecule has 0 aliphatic carbocycles. The highest BCUT2D eigenvalue weighted by Gasteiger charge is 2.38. The van der Waals surface area contributed by atoms with E-state index < -0.39 is 0 Å². The molecule has 1 aromatic rings. The van der Waals surface area contributed by atoms with Gasteiger partial charge in [0.15, 0.2) is 0 Å². The maximum Gasteiger partial charge on any atom is 0.232 e. The van der Waals surface area contributed by atoms with E-state index in [1.54, 1.807) is 0 Å². The molecule has 0 amide bonds. The second kappa shape index (κ2) is 16.0. The molecule has 2 unspecified atom stereocenters. The van der Waals surface area contributed by atoms with E-state index in [0.29, 0.717) is 12.1 Å². The van der Waals surface area contributed by atoms with Crippen molar-refractivity contribution in [2.75, 3.05) is 54.0 Å². The van der Waals surface area contributed by atoms with Crippen LogP contribution in [0.4, 0.5) is 17.8 Å². The Morgan fingerprint density at radius 3 is 1.36 bits per heavy atom. The van der Waals surface area contributed by atoms with Gasteiger partial charge < -0.3 is 25.3 Å². The first-order valence-corrected chi connectivity index (χ1v) is 18.6. The highest BCUT2D eigenvalue weighted by molar-refractivity contribution is 5.48. The fraction of sp³-hybridized carbons (Fsp3) is 0.919. The van der Waals surface area contributed by atoms with Gasteiger partial charge in [0, 0.05) is 49.3 Å². The van der Waals surface area contributed by atoms with Crippen molar-refractivity contribution in [3.8, 4) is 0 Å². The van der Waals surface area contributed by atoms with E-state index in [2.05, 4.69) is 108 Å². The Balaban J connectivity index is 2.24. The number of rotatable bonds is 17. The monoisotopic (exact) mass is 629 g/mol. The summed E-state index contributed by atoms with van der Waals surface area (Å²) in [7, 11) is 0. The maximum atomic E-state index is 5.52. The fourth-order valence-electron chi connectivity index (χ4n) is 6.84. The van der Waals surface area contributed by atoms with Crippen molar-refractivity contribution in [2.45, 2.75) is 170 Å². The van der Waals surface area contributed by atoms with Crippen molar-refractivity contribution in [2.24, 2.45) is 10.8 Å². The lowest BCUT2D eigenvalue weighted by Crippen LogP contribution is -2.56. The topological polar surface area (TPSA) is 72.5 Å². The van der Waals surface area contributed by atoms with E-state index in [0.717, 1.165) is 121 Å². The summed E-state index contributed by atoms with van der Waals surface area (Å²) >= 11 is 0. The van der Waals surface area contributed by atoms with Gasteiger partial charge >= 0.3 is 0 Å². The Morgan fingerprint density at radius 1 is 0.644 bits per heavy atom. The number of aromatic nitrogens is 3. The summed E-state index contributed by atoms with van der Waals surface area (Å²) in [5.41, 5.74) is 0.467. The van der Waals surface area contributed by atoms with Gasteiger partial charge in [-0.25, -0.2) is 0 Å². The molecular weight excluding hydrogens is 556 g/mol. The molecule has 2 fully saturated rings. The van der Waals surface area contributed by atoms with Crippen LogP contribution in [0, 0.1) is 10.8 Å². The normalized spacial score (nSPS) is 21.9. The molecule has 2 saturated heterocycles. The quantitative estimate of drug-likeness (QED) is 0.181. The molecule has 2 N–H and O–H groups in total. The summed E-state index contributed by atoms with van der Waals surface area (Å²) in [6.07, 6.45) is 11.2. The zero-order valence-corrected chi connectivity index (χ0v) is 31.7. The second-order valence-corrected chi connectivity index (χ2v) is 17.1. The summed E-state index contributed by atoms with van der Waals surface area (Å²) < 4.78 is 0. The first-order valence-electron chi connectivity index (χ1n) is 18.6. The van der Waals surface area contributed by atoms with Crippen molar-refractivity contribution < 1.29 is 0 Å². The zero-order chi connectivity index (χ0) is 33.5. The van der Waals surface area contributed by atoms with E-state index >= 15 is 0 Å². The molecule has 3 rings (SSSR count). The molecule has 0 radical (unpaired) electrons. The van der Waals surface area contributed by atoms with Gasteiger partial charge in [-0.05, 0) is 103 Å². The number of hydrogen-bond donors (Lipinski definition) is 2. The molecule has 0 saturated carbocycles. The first kappa shape index (κ1) is 37.8. The average Bonchev–Trinajstić information content (AvgIpc) is 2.97. The summed E-state index contributed by atoms with van der Waals surface area (Å²) in [4.78, 5) is 24.0. The van der Waals surface area contributed by atoms with Crippen molar-refractivity contribution in [1.29, 1.82) is 0 Å². The van der Waals surface area contributed by atoms with Crippen LogP contribution in [0.2, 0.25) is 0 Å². The Labute approximate surface area is 278 Å². The third kappa shape index (κ3) is 11.2. The average molecular weight is 629 g/mol. The molecular formula is C37H72N8. The van der Waals surface area contributed by atoms with Crippen molar-refractivity contribution in [3.63, 3.8) is 0 Å². The van der Waals surface area contributed by atoms with Gasteiger partial charge in [-0.3, -0.25) is 0 Å². The zero-order valence-electron chi connectivity index (χ0n) is 31.7. The van der Waals surface area contributed by atoms with Crippen LogP contribution in [0.3, 0.4) is 0 Å². The highest BCUT2D eigenvalue weighted by atomic mass is 15.4. The van der Waals surface area contributed by atoms with Gasteiger partial charge in [-0.2, -0.15) is 15.0 Å². The van der Waals surface area contributed by atoms with Crippen LogP contribution in [0.5, 0.6) is 0 Å². The molecule has 1 aromatic heterocycles. The van der Waals surface area contributed by atoms with Gasteiger partial charge in [0.05, 0.1) is 0 Å². The van der Waals surface area contributed by atoms with Gasteiger partial charge in [0.2, 0.25) is 17.8 Å². The second-order valence-electron chi connectivity index (χ2n) is 17.1. The SMILES string of the molecule is CCCCN(CCCC)c1nc(N(CC(C)(C)CC)C2CCNC(C)(C)C2)nc(N(CC(C)(C)CC)C2CCNC(C)(C)C2)n1. The Hall–Kier alpha value is -1.67. The van der Waals surface area contributed by atoms with Crippen molar-refractivity contribution in [3.05, 3.63) is 0 Å². The summed E-state index contributed by atoms with van der Waals surface area (Å²) in [6.45, 7) is 34.1. The van der Waals surface area contributed by atoms with Crippen LogP contribution < -0.4 is 25.3 Å². The third-order valence-electron chi connectivity index (χ3n) is 10.6. The predicted molar refractivity (Wildman–Crippen MR) is 195 cm³/mol. The van der Waals surface area contributed by atoms with Crippen LogP contribution in [0.15, 0.2) is 0 Å². The van der Waals surface area contributed by atoms with E-state index in [4.69, 9.17) is 15.0 Å². The van der Waals surface area contributed by atoms with Crippen LogP contribution in [0.25, 0.3) is 0 Å². The summed E-state index contributed by atoms with van der Waals surface area (Å²) in [6, 6.07) is 0.765. The summed E-state index contributed by atoms with van der Waals surface area (Å²) in [5, 5.41) is 7.52. The van der Waals surface area contributed by atoms with Crippen LogP contribution in [-0.4, -0.2) is 77.4 Å². The minimum absolute atomic E-state index is 0.0857. The number of unbranched alkanes of at least 4 members (excludes halogenated alkanes) is 2. The van der Waals surface area contributed by atoms with Gasteiger partial charge in [-0.1, -0.05) is 68.2 Å². The number of hydrogen-bond acceptors (Lipinski definition) is 8. The number of piperidine rings is 2. The Kier molecular flexibility index (Phi) is 13.4. The van der Waals surface area contributed by atoms with Crippen molar-refractivity contribution in [1.82, 2.24) is 25.6 Å². The lowest BCUT2D eigenvalue weighted by atomic mass is 9.85. The molecule has 0 aromatic carbocycles. The van der Waals surface area contributed by atoms with E-state index in [9.17, 15) is 0 Å². The Bertz CT molecular complexity index is 959. The number of nitrogens with one attached hydrogen (secondary N) is 2. The molecule has 2 aliphatic rings. The fourth-order valence-corrected chi connectivity index (χ4v) is 6.84. The molecule has 45 heavy (non-hydrogen) atoms. The minimum atomic E-state index is 0.0857. The standard InChI is InChI=1S/C37H72N8/c1-13-17-23-43(24-18-14-2)31-40-32(44(27-34(5,6)15-3)29-19-21-38-36(9,10)25-29)42-33(41-31)45(28-35(7,8)16-4)30-20-22-39-37(11,12)26-30/h29-30,38-39H,13-28H2,1-12H3. The summed E-state index contributed by atoms with van der Waals surface area (Å²) in [5.74, 6) is 2.63. The molecule has 2 atom stereocenters. The number of nitrogens with zero attached hydrogens (tertiary/aromatic N) is 6. The van der Waals surface area contributed by atoms with E-state index in [1.807, 2.05) is 0 Å². The van der Waals surface area contributed by atoms with Gasteiger partial charge in [0.25, 0.3) is 0 Å². The molecule has 0 bridgehead atoms. The third-order valence-corrected chi connectivity index (χ3v) is 10.6.